The van der Waals surface area contributed by atoms with Crippen LogP contribution >= 0.6 is 0 Å². The van der Waals surface area contributed by atoms with Gasteiger partial charge in [-0.2, -0.15) is 0 Å². The molecule has 0 spiro atoms. The summed E-state index contributed by atoms with van der Waals surface area (Å²) in [5, 5.41) is 2.98. The number of para-hydroxylation sites is 2. The van der Waals surface area contributed by atoms with Gasteiger partial charge in [0, 0.05) is 19.5 Å². The molecule has 4 nitrogen and oxygen atoms in total. The van der Waals surface area contributed by atoms with Gasteiger partial charge in [0.2, 0.25) is 5.91 Å². The Morgan fingerprint density at radius 2 is 1.62 bits per heavy atom. The van der Waals surface area contributed by atoms with Crippen LogP contribution in [0.1, 0.15) is 17.0 Å². The molecular formula is C24H22FN3O. The number of aromatic nitrogens is 2. The van der Waals surface area contributed by atoms with Crippen LogP contribution in [0, 0.1) is 5.82 Å². The number of nitrogens with one attached hydrogen (secondary N) is 1. The summed E-state index contributed by atoms with van der Waals surface area (Å²) in [6.45, 7) is 1.12. The molecule has 0 saturated carbocycles. The average Bonchev–Trinajstić information content (AvgIpc) is 3.08. The monoisotopic (exact) mass is 387 g/mol. The van der Waals surface area contributed by atoms with Crippen LogP contribution in [0.15, 0.2) is 78.9 Å². The zero-order valence-electron chi connectivity index (χ0n) is 16.0. The van der Waals surface area contributed by atoms with Crippen LogP contribution in [0.4, 0.5) is 4.39 Å². The van der Waals surface area contributed by atoms with Gasteiger partial charge < -0.3 is 9.88 Å². The SMILES string of the molecule is O=C(Cc1ccccc1)NCCc1nc2ccccc2n1Cc1ccc(F)cc1. The zero-order chi connectivity index (χ0) is 20.1. The number of carbonyl (C=O) groups excluding carboxylic acids is 1. The van der Waals surface area contributed by atoms with Gasteiger partial charge in [-0.15, -0.1) is 0 Å². The summed E-state index contributed by atoms with van der Waals surface area (Å²) in [4.78, 5) is 17.0. The molecule has 4 rings (SSSR count). The van der Waals surface area contributed by atoms with E-state index in [9.17, 15) is 9.18 Å². The third-order valence-corrected chi connectivity index (χ3v) is 4.87. The van der Waals surface area contributed by atoms with Crippen molar-refractivity contribution in [3.8, 4) is 0 Å². The first-order valence-corrected chi connectivity index (χ1v) is 9.68. The Morgan fingerprint density at radius 3 is 2.41 bits per heavy atom. The van der Waals surface area contributed by atoms with Gasteiger partial charge in [-0.25, -0.2) is 9.37 Å². The first kappa shape index (κ1) is 18.9. The van der Waals surface area contributed by atoms with Crippen molar-refractivity contribution in [2.45, 2.75) is 19.4 Å². The second kappa shape index (κ2) is 8.69. The molecule has 5 heteroatoms. The van der Waals surface area contributed by atoms with Crippen LogP contribution in [-0.2, 0) is 24.2 Å². The minimum Gasteiger partial charge on any atom is -0.355 e. The number of hydrogen-bond acceptors (Lipinski definition) is 2. The number of amides is 1. The van der Waals surface area contributed by atoms with E-state index in [0.29, 0.717) is 25.9 Å². The minimum absolute atomic E-state index is 0.00241. The number of halogens is 1. The Bertz CT molecular complexity index is 1100. The summed E-state index contributed by atoms with van der Waals surface area (Å²) in [5.41, 5.74) is 3.94. The molecule has 0 fully saturated rings. The van der Waals surface area contributed by atoms with Gasteiger partial charge in [0.25, 0.3) is 0 Å². The molecule has 1 aromatic heterocycles. The van der Waals surface area contributed by atoms with Crippen molar-refractivity contribution in [3.05, 3.63) is 102 Å². The minimum atomic E-state index is -0.245. The van der Waals surface area contributed by atoms with E-state index in [2.05, 4.69) is 9.88 Å². The lowest BCUT2D eigenvalue weighted by atomic mass is 10.1. The van der Waals surface area contributed by atoms with Crippen molar-refractivity contribution in [3.63, 3.8) is 0 Å². The smallest absolute Gasteiger partial charge is 0.224 e. The molecule has 29 heavy (non-hydrogen) atoms. The average molecular weight is 387 g/mol. The van der Waals surface area contributed by atoms with Crippen LogP contribution in [0.2, 0.25) is 0 Å². The van der Waals surface area contributed by atoms with Crippen LogP contribution in [0.5, 0.6) is 0 Å². The predicted octanol–water partition coefficient (Wildman–Crippen LogP) is 4.13. The summed E-state index contributed by atoms with van der Waals surface area (Å²) in [7, 11) is 0. The standard InChI is InChI=1S/C24H22FN3O/c25-20-12-10-19(11-13-20)17-28-22-9-5-4-8-21(22)27-23(28)14-15-26-24(29)16-18-6-2-1-3-7-18/h1-13H,14-17H2,(H,26,29). The Kier molecular flexibility index (Phi) is 5.66. The quantitative estimate of drug-likeness (QED) is 0.518. The maximum atomic E-state index is 13.2. The number of fused-ring (bicyclic) bond motifs is 1. The molecule has 0 aliphatic rings. The predicted molar refractivity (Wildman–Crippen MR) is 112 cm³/mol. The fourth-order valence-electron chi connectivity index (χ4n) is 3.42. The molecule has 1 N–H and O–H groups in total. The molecule has 0 aliphatic carbocycles. The Morgan fingerprint density at radius 1 is 0.897 bits per heavy atom. The Balaban J connectivity index is 1.46. The van der Waals surface area contributed by atoms with Crippen molar-refractivity contribution >= 4 is 16.9 Å². The summed E-state index contributed by atoms with van der Waals surface area (Å²) in [6, 6.07) is 24.2. The summed E-state index contributed by atoms with van der Waals surface area (Å²) in [6.07, 6.45) is 0.989. The maximum absolute atomic E-state index is 13.2. The van der Waals surface area contributed by atoms with Gasteiger partial charge in [0.1, 0.15) is 11.6 Å². The van der Waals surface area contributed by atoms with Crippen molar-refractivity contribution in [1.82, 2.24) is 14.9 Å². The van der Waals surface area contributed by atoms with Gasteiger partial charge in [-0.1, -0.05) is 54.6 Å². The fourth-order valence-corrected chi connectivity index (χ4v) is 3.42. The van der Waals surface area contributed by atoms with Crippen LogP contribution in [0.25, 0.3) is 11.0 Å². The number of carbonyl (C=O) groups is 1. The Labute approximate surface area is 169 Å². The van der Waals surface area contributed by atoms with E-state index >= 15 is 0 Å². The first-order valence-electron chi connectivity index (χ1n) is 9.68. The van der Waals surface area contributed by atoms with Crippen LogP contribution < -0.4 is 5.32 Å². The highest BCUT2D eigenvalue weighted by atomic mass is 19.1. The van der Waals surface area contributed by atoms with E-state index < -0.39 is 0 Å². The summed E-state index contributed by atoms with van der Waals surface area (Å²) in [5.74, 6) is 0.651. The molecule has 146 valence electrons. The number of rotatable bonds is 7. The molecule has 1 heterocycles. The second-order valence-corrected chi connectivity index (χ2v) is 6.99. The molecule has 0 saturated heterocycles. The van der Waals surface area contributed by atoms with Gasteiger partial charge in [0.15, 0.2) is 0 Å². The van der Waals surface area contributed by atoms with E-state index in [1.165, 1.54) is 12.1 Å². The zero-order valence-corrected chi connectivity index (χ0v) is 16.0. The molecule has 4 aromatic rings. The lowest BCUT2D eigenvalue weighted by molar-refractivity contribution is -0.120. The van der Waals surface area contributed by atoms with Crippen molar-refractivity contribution in [1.29, 1.82) is 0 Å². The van der Waals surface area contributed by atoms with Crippen molar-refractivity contribution < 1.29 is 9.18 Å². The molecular weight excluding hydrogens is 365 g/mol. The maximum Gasteiger partial charge on any atom is 0.224 e. The van der Waals surface area contributed by atoms with E-state index in [0.717, 1.165) is 28.0 Å². The number of hydrogen-bond donors (Lipinski definition) is 1. The number of benzene rings is 3. The second-order valence-electron chi connectivity index (χ2n) is 6.99. The lowest BCUT2D eigenvalue weighted by Crippen LogP contribution is -2.28. The van der Waals surface area contributed by atoms with E-state index in [4.69, 9.17) is 4.98 Å². The van der Waals surface area contributed by atoms with Crippen molar-refractivity contribution in [2.24, 2.45) is 0 Å². The van der Waals surface area contributed by atoms with Gasteiger partial charge in [-0.05, 0) is 35.4 Å². The largest absolute Gasteiger partial charge is 0.355 e. The number of nitrogens with zero attached hydrogens (tertiary/aromatic N) is 2. The van der Waals surface area contributed by atoms with Crippen LogP contribution in [-0.4, -0.2) is 22.0 Å². The van der Waals surface area contributed by atoms with E-state index in [1.807, 2.05) is 54.6 Å². The molecule has 0 bridgehead atoms. The van der Waals surface area contributed by atoms with E-state index in [1.54, 1.807) is 12.1 Å². The Hall–Kier alpha value is -3.47. The summed E-state index contributed by atoms with van der Waals surface area (Å²) >= 11 is 0. The molecule has 3 aromatic carbocycles. The third-order valence-electron chi connectivity index (χ3n) is 4.87. The molecule has 1 amide bonds. The van der Waals surface area contributed by atoms with Crippen LogP contribution in [0.3, 0.4) is 0 Å². The van der Waals surface area contributed by atoms with Crippen molar-refractivity contribution in [2.75, 3.05) is 6.54 Å². The van der Waals surface area contributed by atoms with E-state index in [-0.39, 0.29) is 11.7 Å². The molecule has 0 atom stereocenters. The highest BCUT2D eigenvalue weighted by Gasteiger charge is 2.12. The lowest BCUT2D eigenvalue weighted by Gasteiger charge is -2.10. The normalized spacial score (nSPS) is 10.9. The molecule has 0 aliphatic heterocycles. The highest BCUT2D eigenvalue weighted by Crippen LogP contribution is 2.18. The van der Waals surface area contributed by atoms with Gasteiger partial charge in [-0.3, -0.25) is 4.79 Å². The first-order chi connectivity index (χ1) is 14.2. The third kappa shape index (κ3) is 4.69. The highest BCUT2D eigenvalue weighted by molar-refractivity contribution is 5.78. The molecule has 0 radical (unpaired) electrons. The fraction of sp³-hybridized carbons (Fsp3) is 0.167. The van der Waals surface area contributed by atoms with Gasteiger partial charge >= 0.3 is 0 Å². The molecule has 0 unspecified atom stereocenters. The summed E-state index contributed by atoms with van der Waals surface area (Å²) < 4.78 is 15.4. The topological polar surface area (TPSA) is 46.9 Å². The number of imidazole rings is 1. The van der Waals surface area contributed by atoms with Gasteiger partial charge in [0.05, 0.1) is 17.5 Å².